The lowest BCUT2D eigenvalue weighted by Gasteiger charge is -2.46. The van der Waals surface area contributed by atoms with E-state index in [0.717, 1.165) is 12.2 Å². The molecule has 10 N–H and O–H groups in total. The summed E-state index contributed by atoms with van der Waals surface area (Å²) in [5.41, 5.74) is 9.73. The van der Waals surface area contributed by atoms with Crippen LogP contribution >= 0.6 is 0 Å². The highest BCUT2D eigenvalue weighted by Crippen LogP contribution is 2.31. The number of likely N-dealkylation sites (N-methyl/N-ethyl adjacent to an activating group) is 1. The number of hydrogen-bond acceptors (Lipinski definition) is 13. The second kappa shape index (κ2) is 17.4. The number of aliphatic hydroxyl groups is 4. The summed E-state index contributed by atoms with van der Waals surface area (Å²) in [5.74, 6) is 0.759. The maximum atomic E-state index is 11.2. The maximum absolute atomic E-state index is 11.2. The van der Waals surface area contributed by atoms with E-state index in [1.807, 2.05) is 12.9 Å². The quantitative estimate of drug-likeness (QED) is 0.138. The highest BCUT2D eigenvalue weighted by atomic mass is 16.7. The standard InChI is InChI=1S/C22H41N3O8.CH5N.CH2O/c1-22(29)10-16(27)21(30-12-22)33-20-15(24-2)9-14(23)19(18(20)28)32-17-6-3-5-13(31-17)11-25-7-4-8-26;2*1-2/h5,14-21,24-29H,3-4,6-12,23H2,1-2H3;2H2,1H3;1H2/t14?,15?,16?,17-,18?,19-,20+,21?,22-;;/m1../s1. The van der Waals surface area contributed by atoms with Crippen molar-refractivity contribution in [1.29, 1.82) is 0 Å². The van der Waals surface area contributed by atoms with Crippen LogP contribution in [0.2, 0.25) is 0 Å². The summed E-state index contributed by atoms with van der Waals surface area (Å²) in [6.07, 6.45) is -0.401. The number of carbonyl (C=O) groups excluding carboxylic acids is 1. The van der Waals surface area contributed by atoms with Gasteiger partial charge in [-0.2, -0.15) is 0 Å². The second-order valence-corrected chi connectivity index (χ2v) is 9.48. The summed E-state index contributed by atoms with van der Waals surface area (Å²) in [6, 6.07) is -0.720. The minimum absolute atomic E-state index is 0.0264. The van der Waals surface area contributed by atoms with Crippen molar-refractivity contribution >= 4 is 6.79 Å². The van der Waals surface area contributed by atoms with Crippen LogP contribution in [0.25, 0.3) is 0 Å². The van der Waals surface area contributed by atoms with E-state index in [1.54, 1.807) is 14.0 Å². The molecule has 0 aromatic heterocycles. The number of ether oxygens (including phenoxy) is 4. The molecule has 13 nitrogen and oxygen atoms in total. The third-order valence-corrected chi connectivity index (χ3v) is 6.38. The van der Waals surface area contributed by atoms with E-state index in [-0.39, 0.29) is 25.7 Å². The van der Waals surface area contributed by atoms with Gasteiger partial charge in [0.25, 0.3) is 0 Å². The van der Waals surface area contributed by atoms with Crippen LogP contribution in [-0.4, -0.2) is 122 Å². The second-order valence-electron chi connectivity index (χ2n) is 9.48. The summed E-state index contributed by atoms with van der Waals surface area (Å²) < 4.78 is 23.6. The van der Waals surface area contributed by atoms with E-state index in [1.165, 1.54) is 7.05 Å². The largest absolute Gasteiger partial charge is 0.468 e. The molecule has 1 aliphatic carbocycles. The van der Waals surface area contributed by atoms with Gasteiger partial charge >= 0.3 is 0 Å². The predicted octanol–water partition coefficient (Wildman–Crippen LogP) is -2.32. The zero-order chi connectivity index (χ0) is 28.0. The number of nitrogens with two attached hydrogens (primary N) is 2. The Morgan fingerprint density at radius 2 is 1.95 bits per heavy atom. The van der Waals surface area contributed by atoms with Crippen molar-refractivity contribution in [2.75, 3.05) is 40.4 Å². The van der Waals surface area contributed by atoms with E-state index in [4.69, 9.17) is 34.6 Å². The fourth-order valence-electron chi connectivity index (χ4n) is 4.60. The molecule has 0 aromatic rings. The maximum Gasteiger partial charge on any atom is 0.200 e. The first kappa shape index (κ1) is 33.8. The van der Waals surface area contributed by atoms with Crippen molar-refractivity contribution in [2.24, 2.45) is 11.5 Å². The lowest BCUT2D eigenvalue weighted by Crippen LogP contribution is -2.65. The van der Waals surface area contributed by atoms with E-state index in [2.05, 4.69) is 16.4 Å². The molecule has 0 aromatic carbocycles. The first-order chi connectivity index (χ1) is 17.7. The number of rotatable bonds is 10. The van der Waals surface area contributed by atoms with Gasteiger partial charge in [0.1, 0.15) is 37.0 Å². The molecule has 2 fully saturated rings. The molecule has 3 rings (SSSR count). The molecule has 218 valence electrons. The van der Waals surface area contributed by atoms with Crippen molar-refractivity contribution in [3.63, 3.8) is 0 Å². The molecule has 13 heteroatoms. The average molecular weight is 537 g/mol. The lowest BCUT2D eigenvalue weighted by atomic mass is 9.84. The van der Waals surface area contributed by atoms with Gasteiger partial charge in [0.05, 0.1) is 18.8 Å². The van der Waals surface area contributed by atoms with Crippen LogP contribution in [0.3, 0.4) is 0 Å². The zero-order valence-corrected chi connectivity index (χ0v) is 22.3. The Morgan fingerprint density at radius 1 is 1.24 bits per heavy atom. The van der Waals surface area contributed by atoms with Crippen molar-refractivity contribution in [3.8, 4) is 0 Å². The number of hydrogen-bond donors (Lipinski definition) is 8. The highest BCUT2D eigenvalue weighted by Gasteiger charge is 2.48. The number of carbonyl (C=O) groups is 1. The lowest BCUT2D eigenvalue weighted by molar-refractivity contribution is -0.297. The highest BCUT2D eigenvalue weighted by molar-refractivity contribution is 5.11. The average Bonchev–Trinajstić information content (AvgIpc) is 2.89. The molecule has 0 radical (unpaired) electrons. The van der Waals surface area contributed by atoms with Gasteiger partial charge in [0.15, 0.2) is 12.6 Å². The van der Waals surface area contributed by atoms with Gasteiger partial charge in [-0.1, -0.05) is 0 Å². The molecule has 5 unspecified atom stereocenters. The fraction of sp³-hybridized carbons (Fsp3) is 0.875. The van der Waals surface area contributed by atoms with Crippen molar-refractivity contribution in [1.82, 2.24) is 10.6 Å². The Hall–Kier alpha value is -1.23. The summed E-state index contributed by atoms with van der Waals surface area (Å²) >= 11 is 0. The van der Waals surface area contributed by atoms with Gasteiger partial charge in [0.2, 0.25) is 0 Å². The van der Waals surface area contributed by atoms with Crippen LogP contribution in [0.1, 0.15) is 39.0 Å². The van der Waals surface area contributed by atoms with Gasteiger partial charge in [-0.05, 0) is 52.9 Å². The van der Waals surface area contributed by atoms with Crippen molar-refractivity contribution in [3.05, 3.63) is 11.8 Å². The van der Waals surface area contributed by atoms with Crippen LogP contribution in [0.5, 0.6) is 0 Å². The van der Waals surface area contributed by atoms with Crippen LogP contribution < -0.4 is 22.1 Å². The molecule has 1 saturated carbocycles. The summed E-state index contributed by atoms with van der Waals surface area (Å²) in [7, 11) is 3.26. The van der Waals surface area contributed by atoms with Gasteiger partial charge in [-0.15, -0.1) is 0 Å². The van der Waals surface area contributed by atoms with Crippen molar-refractivity contribution < 1.29 is 44.2 Å². The molecule has 2 aliphatic heterocycles. The Morgan fingerprint density at radius 3 is 2.57 bits per heavy atom. The molecule has 9 atom stereocenters. The Kier molecular flexibility index (Phi) is 15.9. The number of allylic oxidation sites excluding steroid dienone is 1. The van der Waals surface area contributed by atoms with Crippen LogP contribution in [0.4, 0.5) is 0 Å². The molecular weight excluding hydrogens is 488 g/mol. The van der Waals surface area contributed by atoms with Gasteiger partial charge in [0, 0.05) is 31.5 Å². The van der Waals surface area contributed by atoms with Gasteiger partial charge in [-0.25, -0.2) is 0 Å². The van der Waals surface area contributed by atoms with Gasteiger partial charge < -0.3 is 66.3 Å². The monoisotopic (exact) mass is 536 g/mol. The molecule has 0 bridgehead atoms. The molecular formula is C24H48N4O9. The minimum Gasteiger partial charge on any atom is -0.468 e. The molecule has 1 saturated heterocycles. The third-order valence-electron chi connectivity index (χ3n) is 6.38. The molecule has 2 heterocycles. The molecule has 3 aliphatic rings. The first-order valence-electron chi connectivity index (χ1n) is 12.7. The smallest absolute Gasteiger partial charge is 0.200 e. The Balaban J connectivity index is 0.00000163. The fourth-order valence-corrected chi connectivity index (χ4v) is 4.60. The van der Waals surface area contributed by atoms with E-state index in [9.17, 15) is 15.3 Å². The SMILES string of the molecule is C=O.CN.CNC1CC(N)[C@@H](O[C@@H]2CCC=C(CNCCCO)O2)C(O)[C@H]1OC1OC[C@](C)(O)CC1O. The van der Waals surface area contributed by atoms with Crippen LogP contribution in [-0.2, 0) is 23.7 Å². The van der Waals surface area contributed by atoms with E-state index < -0.39 is 48.6 Å². The molecule has 37 heavy (non-hydrogen) atoms. The molecule has 0 spiro atoms. The Labute approximate surface area is 219 Å². The van der Waals surface area contributed by atoms with Gasteiger partial charge in [-0.3, -0.25) is 0 Å². The Bertz CT molecular complexity index is 658. The predicted molar refractivity (Wildman–Crippen MR) is 136 cm³/mol. The normalized spacial score (nSPS) is 37.7. The van der Waals surface area contributed by atoms with Crippen molar-refractivity contribution in [2.45, 2.75) is 93.7 Å². The summed E-state index contributed by atoms with van der Waals surface area (Å²) in [6.45, 7) is 4.97. The van der Waals surface area contributed by atoms with Crippen LogP contribution in [0, 0.1) is 0 Å². The summed E-state index contributed by atoms with van der Waals surface area (Å²) in [5, 5.41) is 46.9. The minimum atomic E-state index is -1.13. The number of aliphatic hydroxyl groups excluding tert-OH is 3. The zero-order valence-electron chi connectivity index (χ0n) is 22.3. The molecule has 0 amide bonds. The number of nitrogens with one attached hydrogen (secondary N) is 2. The van der Waals surface area contributed by atoms with Crippen LogP contribution in [0.15, 0.2) is 11.8 Å². The first-order valence-corrected chi connectivity index (χ1v) is 12.7. The third kappa shape index (κ3) is 10.5. The van der Waals surface area contributed by atoms with E-state index >= 15 is 0 Å². The summed E-state index contributed by atoms with van der Waals surface area (Å²) in [4.78, 5) is 8.00. The topological polar surface area (TPSA) is 211 Å². The van der Waals surface area contributed by atoms with E-state index in [0.29, 0.717) is 32.4 Å².